The lowest BCUT2D eigenvalue weighted by Crippen LogP contribution is -1.93. The maximum atomic E-state index is 9.61. The summed E-state index contributed by atoms with van der Waals surface area (Å²) in [7, 11) is 0. The van der Waals surface area contributed by atoms with Gasteiger partial charge in [0.2, 0.25) is 0 Å². The van der Waals surface area contributed by atoms with Crippen molar-refractivity contribution in [1.82, 2.24) is 4.98 Å². The Morgan fingerprint density at radius 3 is 3.27 bits per heavy atom. The molecule has 0 aliphatic carbocycles. The topological polar surface area (TPSA) is 39.2 Å². The Balaban J connectivity index is 2.09. The summed E-state index contributed by atoms with van der Waals surface area (Å²) in [6.45, 7) is 1.81. The van der Waals surface area contributed by atoms with Crippen molar-refractivity contribution in [2.45, 2.75) is 12.8 Å². The number of nitrogens with zero attached hydrogens (tertiary/aromatic N) is 1. The molecule has 0 spiro atoms. The molecule has 11 heavy (non-hydrogen) atoms. The van der Waals surface area contributed by atoms with Crippen LogP contribution >= 0.6 is 11.3 Å². The van der Waals surface area contributed by atoms with Crippen LogP contribution < -0.4 is 0 Å². The molecule has 0 bridgehead atoms. The van der Waals surface area contributed by atoms with Crippen molar-refractivity contribution in [3.63, 3.8) is 0 Å². The van der Waals surface area contributed by atoms with Crippen molar-refractivity contribution in [3.05, 3.63) is 16.6 Å². The van der Waals surface area contributed by atoms with Crippen LogP contribution in [0, 0.1) is 0 Å². The van der Waals surface area contributed by atoms with Crippen molar-refractivity contribution in [1.29, 1.82) is 0 Å². The van der Waals surface area contributed by atoms with Gasteiger partial charge in [-0.05, 0) is 6.42 Å². The van der Waals surface area contributed by atoms with E-state index in [0.717, 1.165) is 17.8 Å². The maximum absolute atomic E-state index is 9.61. The molecule has 0 atom stereocenters. The van der Waals surface area contributed by atoms with Crippen LogP contribution in [0.4, 0.5) is 0 Å². The summed E-state index contributed by atoms with van der Waals surface area (Å²) in [6.07, 6.45) is 3.47. The van der Waals surface area contributed by atoms with E-state index in [0.29, 0.717) is 6.61 Å². The Morgan fingerprint density at radius 2 is 2.64 bits per heavy atom. The van der Waals surface area contributed by atoms with Gasteiger partial charge in [-0.15, -0.1) is 11.3 Å². The van der Waals surface area contributed by atoms with E-state index in [-0.39, 0.29) is 0 Å². The first kappa shape index (κ1) is 8.20. The predicted molar refractivity (Wildman–Crippen MR) is 42.1 cm³/mol. The van der Waals surface area contributed by atoms with Gasteiger partial charge in [0.05, 0.1) is 11.6 Å². The third-order valence-electron chi connectivity index (χ3n) is 1.18. The Labute approximate surface area is 69.0 Å². The van der Waals surface area contributed by atoms with E-state index in [2.05, 4.69) is 9.72 Å². The first-order valence-corrected chi connectivity index (χ1v) is 4.19. The highest BCUT2D eigenvalue weighted by atomic mass is 32.1. The van der Waals surface area contributed by atoms with Gasteiger partial charge in [-0.2, -0.15) is 0 Å². The molecule has 1 radical (unpaired) electrons. The Morgan fingerprint density at radius 1 is 1.73 bits per heavy atom. The fourth-order valence-corrected chi connectivity index (χ4v) is 1.38. The van der Waals surface area contributed by atoms with Crippen LogP contribution in [0.5, 0.6) is 0 Å². The molecule has 0 saturated carbocycles. The van der Waals surface area contributed by atoms with Crippen LogP contribution in [0.1, 0.15) is 11.4 Å². The highest BCUT2D eigenvalue weighted by Crippen LogP contribution is 2.06. The number of aromatic nitrogens is 1. The van der Waals surface area contributed by atoms with E-state index in [4.69, 9.17) is 0 Å². The summed E-state index contributed by atoms with van der Waals surface area (Å²) in [5.74, 6) is 0. The molecule has 0 fully saturated rings. The molecule has 3 nitrogen and oxygen atoms in total. The zero-order valence-corrected chi connectivity index (χ0v) is 6.76. The van der Waals surface area contributed by atoms with Gasteiger partial charge in [0, 0.05) is 18.0 Å². The van der Waals surface area contributed by atoms with Crippen LogP contribution in [0.15, 0.2) is 11.6 Å². The van der Waals surface area contributed by atoms with E-state index in [1.54, 1.807) is 17.5 Å². The SMILES string of the molecule is O=[C]OCCCc1nccs1. The Hall–Kier alpha value is -0.900. The van der Waals surface area contributed by atoms with Gasteiger partial charge in [-0.25, -0.2) is 9.78 Å². The molecule has 1 rings (SSSR count). The van der Waals surface area contributed by atoms with Gasteiger partial charge >= 0.3 is 6.47 Å². The van der Waals surface area contributed by atoms with Gasteiger partial charge in [-0.3, -0.25) is 0 Å². The molecule has 0 amide bonds. The minimum absolute atomic E-state index is 0.434. The van der Waals surface area contributed by atoms with E-state index >= 15 is 0 Å². The molecule has 0 N–H and O–H groups in total. The molecule has 4 heteroatoms. The normalized spacial score (nSPS) is 9.45. The van der Waals surface area contributed by atoms with Gasteiger partial charge in [-0.1, -0.05) is 0 Å². The molecule has 0 unspecified atom stereocenters. The zero-order valence-electron chi connectivity index (χ0n) is 5.95. The number of hydrogen-bond donors (Lipinski definition) is 0. The second kappa shape index (κ2) is 4.85. The smallest absolute Gasteiger partial charge is 0.417 e. The summed E-state index contributed by atoms with van der Waals surface area (Å²) in [6, 6.07) is 0. The Bertz CT molecular complexity index is 198. The summed E-state index contributed by atoms with van der Waals surface area (Å²) in [5, 5.41) is 3.02. The molecule has 1 aromatic heterocycles. The number of ether oxygens (including phenoxy) is 1. The fraction of sp³-hybridized carbons (Fsp3) is 0.429. The molecule has 0 aliphatic heterocycles. The van der Waals surface area contributed by atoms with E-state index < -0.39 is 0 Å². The van der Waals surface area contributed by atoms with E-state index in [1.165, 1.54) is 6.47 Å². The molecule has 59 valence electrons. The molecule has 1 aromatic rings. The number of thiazole rings is 1. The monoisotopic (exact) mass is 170 g/mol. The summed E-state index contributed by atoms with van der Waals surface area (Å²) < 4.78 is 4.40. The second-order valence-electron chi connectivity index (χ2n) is 1.96. The predicted octanol–water partition coefficient (Wildman–Crippen LogP) is 1.16. The van der Waals surface area contributed by atoms with Gasteiger partial charge < -0.3 is 4.74 Å². The minimum Gasteiger partial charge on any atom is -0.457 e. The lowest BCUT2D eigenvalue weighted by atomic mass is 10.3. The van der Waals surface area contributed by atoms with Crippen LogP contribution in [-0.2, 0) is 16.0 Å². The van der Waals surface area contributed by atoms with Crippen molar-refractivity contribution in [3.8, 4) is 0 Å². The van der Waals surface area contributed by atoms with Gasteiger partial charge in [0.15, 0.2) is 0 Å². The van der Waals surface area contributed by atoms with Crippen LogP contribution in [0.25, 0.3) is 0 Å². The van der Waals surface area contributed by atoms with Crippen LogP contribution in [-0.4, -0.2) is 18.1 Å². The largest absolute Gasteiger partial charge is 0.457 e. The van der Waals surface area contributed by atoms with Gasteiger partial charge in [0.1, 0.15) is 0 Å². The van der Waals surface area contributed by atoms with E-state index in [9.17, 15) is 4.79 Å². The Kier molecular flexibility index (Phi) is 3.61. The lowest BCUT2D eigenvalue weighted by molar-refractivity contribution is 0.273. The quantitative estimate of drug-likeness (QED) is 0.622. The second-order valence-corrected chi connectivity index (χ2v) is 2.94. The van der Waals surface area contributed by atoms with Crippen molar-refractivity contribution < 1.29 is 9.53 Å². The first-order valence-electron chi connectivity index (χ1n) is 3.31. The third kappa shape index (κ3) is 3.13. The van der Waals surface area contributed by atoms with Crippen LogP contribution in [0.2, 0.25) is 0 Å². The van der Waals surface area contributed by atoms with Crippen LogP contribution in [0.3, 0.4) is 0 Å². The standard InChI is InChI=1S/C7H8NO2S/c9-6-10-4-1-2-7-8-3-5-11-7/h3,5H,1-2,4H2. The number of hydrogen-bond acceptors (Lipinski definition) is 4. The third-order valence-corrected chi connectivity index (χ3v) is 2.02. The zero-order chi connectivity index (χ0) is 7.94. The van der Waals surface area contributed by atoms with E-state index in [1.807, 2.05) is 5.38 Å². The van der Waals surface area contributed by atoms with Gasteiger partial charge in [0.25, 0.3) is 0 Å². The molecule has 0 saturated heterocycles. The molecule has 0 aromatic carbocycles. The van der Waals surface area contributed by atoms with Crippen molar-refractivity contribution in [2.24, 2.45) is 0 Å². The molecule has 1 heterocycles. The summed E-state index contributed by atoms with van der Waals surface area (Å²) in [5.41, 5.74) is 0. The van der Waals surface area contributed by atoms with Crippen molar-refractivity contribution in [2.75, 3.05) is 6.61 Å². The molecule has 0 aliphatic rings. The minimum atomic E-state index is 0.434. The molecular weight excluding hydrogens is 162 g/mol. The summed E-state index contributed by atoms with van der Waals surface area (Å²) >= 11 is 1.62. The summed E-state index contributed by atoms with van der Waals surface area (Å²) in [4.78, 5) is 13.7. The highest BCUT2D eigenvalue weighted by Gasteiger charge is 1.94. The van der Waals surface area contributed by atoms with Crippen molar-refractivity contribution >= 4 is 17.8 Å². The molecular formula is C7H8NO2S. The first-order chi connectivity index (χ1) is 5.43. The highest BCUT2D eigenvalue weighted by molar-refractivity contribution is 7.09. The number of aryl methyl sites for hydroxylation is 1. The average Bonchev–Trinajstić information content (AvgIpc) is 2.50. The number of carbonyl (C=O) groups excluding carboxylic acids is 1. The fourth-order valence-electron chi connectivity index (χ4n) is 0.714. The lowest BCUT2D eigenvalue weighted by Gasteiger charge is -1.93. The number of rotatable bonds is 5. The maximum Gasteiger partial charge on any atom is 0.417 e. The average molecular weight is 170 g/mol.